The van der Waals surface area contributed by atoms with E-state index in [4.69, 9.17) is 10.5 Å². The van der Waals surface area contributed by atoms with Gasteiger partial charge in [0.2, 0.25) is 0 Å². The maximum atomic E-state index is 6.12. The second-order valence-electron chi connectivity index (χ2n) is 6.21. The maximum Gasteiger partial charge on any atom is 0.146 e. The highest BCUT2D eigenvalue weighted by Gasteiger charge is 2.30. The summed E-state index contributed by atoms with van der Waals surface area (Å²) < 4.78 is 5.91. The maximum absolute atomic E-state index is 6.12. The zero-order chi connectivity index (χ0) is 13.6. The molecule has 104 valence electrons. The minimum atomic E-state index is 0.268. The van der Waals surface area contributed by atoms with Gasteiger partial charge in [0, 0.05) is 12.0 Å². The van der Waals surface area contributed by atoms with Crippen molar-refractivity contribution in [2.24, 2.45) is 0 Å². The van der Waals surface area contributed by atoms with Gasteiger partial charge in [0.25, 0.3) is 0 Å². The van der Waals surface area contributed by atoms with Crippen LogP contribution in [0, 0.1) is 6.92 Å². The monoisotopic (exact) mass is 260 g/mol. The van der Waals surface area contributed by atoms with E-state index in [0.29, 0.717) is 5.92 Å². The van der Waals surface area contributed by atoms with E-state index in [-0.39, 0.29) is 6.10 Å². The average molecular weight is 260 g/mol. The third kappa shape index (κ3) is 2.20. The molecule has 2 aliphatic heterocycles. The van der Waals surface area contributed by atoms with Crippen LogP contribution in [-0.4, -0.2) is 31.1 Å². The fourth-order valence-electron chi connectivity index (χ4n) is 3.65. The summed E-state index contributed by atoms with van der Waals surface area (Å²) >= 11 is 0. The van der Waals surface area contributed by atoms with Crippen molar-refractivity contribution in [3.05, 3.63) is 22.8 Å². The van der Waals surface area contributed by atoms with E-state index in [9.17, 15) is 0 Å². The molecule has 3 rings (SSSR count). The highest BCUT2D eigenvalue weighted by atomic mass is 16.5. The number of nitrogens with zero attached hydrogens (tertiary/aromatic N) is 1. The quantitative estimate of drug-likeness (QED) is 0.789. The number of likely N-dealkylation sites (tertiary alicyclic amines) is 1. The molecule has 0 bridgehead atoms. The fourth-order valence-corrected chi connectivity index (χ4v) is 3.65. The second-order valence-corrected chi connectivity index (χ2v) is 6.21. The number of hydrogen-bond acceptors (Lipinski definition) is 3. The minimum Gasteiger partial charge on any atom is -0.488 e. The van der Waals surface area contributed by atoms with Crippen LogP contribution in [0.4, 0.5) is 5.69 Å². The molecule has 0 unspecified atom stereocenters. The summed E-state index contributed by atoms with van der Waals surface area (Å²) in [7, 11) is 2.21. The number of nitrogen functional groups attached to an aromatic ring is 1. The van der Waals surface area contributed by atoms with Gasteiger partial charge in [-0.05, 0) is 69.9 Å². The van der Waals surface area contributed by atoms with Gasteiger partial charge in [-0.3, -0.25) is 0 Å². The lowest BCUT2D eigenvalue weighted by Crippen LogP contribution is -2.29. The summed E-state index contributed by atoms with van der Waals surface area (Å²) in [6, 6.07) is 2.10. The molecule has 2 heterocycles. The van der Waals surface area contributed by atoms with Gasteiger partial charge in [-0.2, -0.15) is 0 Å². The zero-order valence-electron chi connectivity index (χ0n) is 12.2. The zero-order valence-corrected chi connectivity index (χ0v) is 12.2. The Bertz CT molecular complexity index is 490. The first-order valence-corrected chi connectivity index (χ1v) is 7.33. The number of aryl methyl sites for hydroxylation is 1. The third-order valence-electron chi connectivity index (χ3n) is 4.60. The SMILES string of the molecule is Cc1cc(N)c2c(c1C1CCN(C)CC1)C[C@@H](C)O2. The Morgan fingerprint density at radius 2 is 2.00 bits per heavy atom. The van der Waals surface area contributed by atoms with Crippen LogP contribution >= 0.6 is 0 Å². The van der Waals surface area contributed by atoms with Crippen molar-refractivity contribution >= 4 is 5.69 Å². The Morgan fingerprint density at radius 1 is 1.32 bits per heavy atom. The molecule has 1 aromatic carbocycles. The van der Waals surface area contributed by atoms with Crippen molar-refractivity contribution in [2.45, 2.75) is 45.1 Å². The van der Waals surface area contributed by atoms with Gasteiger partial charge in [0.1, 0.15) is 11.9 Å². The van der Waals surface area contributed by atoms with Gasteiger partial charge in [-0.25, -0.2) is 0 Å². The van der Waals surface area contributed by atoms with Crippen molar-refractivity contribution in [2.75, 3.05) is 25.9 Å². The van der Waals surface area contributed by atoms with E-state index in [2.05, 4.69) is 31.9 Å². The van der Waals surface area contributed by atoms with Crippen LogP contribution < -0.4 is 10.5 Å². The largest absolute Gasteiger partial charge is 0.488 e. The molecule has 19 heavy (non-hydrogen) atoms. The molecule has 0 spiro atoms. The lowest BCUT2D eigenvalue weighted by Gasteiger charge is -2.31. The number of nitrogens with two attached hydrogens (primary N) is 1. The highest BCUT2D eigenvalue weighted by Crippen LogP contribution is 2.43. The normalized spacial score (nSPS) is 24.3. The molecule has 1 saturated heterocycles. The van der Waals surface area contributed by atoms with Gasteiger partial charge in [-0.1, -0.05) is 0 Å². The molecule has 0 aliphatic carbocycles. The van der Waals surface area contributed by atoms with Crippen LogP contribution in [0.3, 0.4) is 0 Å². The summed E-state index contributed by atoms with van der Waals surface area (Å²) in [4.78, 5) is 2.42. The van der Waals surface area contributed by atoms with Gasteiger partial charge in [-0.15, -0.1) is 0 Å². The Kier molecular flexibility index (Phi) is 3.17. The molecule has 3 nitrogen and oxygen atoms in total. The van der Waals surface area contributed by atoms with Crippen LogP contribution in [0.15, 0.2) is 6.07 Å². The Labute approximate surface area is 115 Å². The van der Waals surface area contributed by atoms with Gasteiger partial charge < -0.3 is 15.4 Å². The third-order valence-corrected chi connectivity index (χ3v) is 4.60. The first kappa shape index (κ1) is 12.8. The number of piperidine rings is 1. The topological polar surface area (TPSA) is 38.5 Å². The van der Waals surface area contributed by atoms with Crippen molar-refractivity contribution in [1.29, 1.82) is 0 Å². The Morgan fingerprint density at radius 3 is 2.68 bits per heavy atom. The molecule has 0 amide bonds. The fraction of sp³-hybridized carbons (Fsp3) is 0.625. The molecule has 2 aliphatic rings. The molecule has 0 aromatic heterocycles. The van der Waals surface area contributed by atoms with Gasteiger partial charge in [0.15, 0.2) is 0 Å². The molecule has 1 fully saturated rings. The smallest absolute Gasteiger partial charge is 0.146 e. The van der Waals surface area contributed by atoms with Crippen molar-refractivity contribution in [3.8, 4) is 5.75 Å². The van der Waals surface area contributed by atoms with E-state index in [1.54, 1.807) is 0 Å². The first-order valence-electron chi connectivity index (χ1n) is 7.33. The Hall–Kier alpha value is -1.22. The average Bonchev–Trinajstić information content (AvgIpc) is 2.73. The van der Waals surface area contributed by atoms with Crippen molar-refractivity contribution < 1.29 is 4.74 Å². The van der Waals surface area contributed by atoms with Gasteiger partial charge >= 0.3 is 0 Å². The summed E-state index contributed by atoms with van der Waals surface area (Å²) in [6.07, 6.45) is 3.79. The van der Waals surface area contributed by atoms with Crippen LogP contribution in [0.1, 0.15) is 42.4 Å². The van der Waals surface area contributed by atoms with E-state index >= 15 is 0 Å². The summed E-state index contributed by atoms with van der Waals surface area (Å²) in [5, 5.41) is 0. The molecule has 1 atom stereocenters. The lowest BCUT2D eigenvalue weighted by molar-refractivity contribution is 0.254. The number of benzene rings is 1. The first-order chi connectivity index (χ1) is 9.06. The summed E-state index contributed by atoms with van der Waals surface area (Å²) in [5.74, 6) is 1.64. The van der Waals surface area contributed by atoms with Crippen LogP contribution in [0.25, 0.3) is 0 Å². The number of rotatable bonds is 1. The van der Waals surface area contributed by atoms with Crippen molar-refractivity contribution in [1.82, 2.24) is 4.90 Å². The van der Waals surface area contributed by atoms with E-state index in [1.807, 2.05) is 0 Å². The molecule has 0 saturated carbocycles. The van der Waals surface area contributed by atoms with Gasteiger partial charge in [0.05, 0.1) is 5.69 Å². The summed E-state index contributed by atoms with van der Waals surface area (Å²) in [6.45, 7) is 6.72. The lowest BCUT2D eigenvalue weighted by atomic mass is 9.82. The minimum absolute atomic E-state index is 0.268. The number of fused-ring (bicyclic) bond motifs is 1. The molecular formula is C16H24N2O. The van der Waals surface area contributed by atoms with Crippen molar-refractivity contribution in [3.63, 3.8) is 0 Å². The van der Waals surface area contributed by atoms with E-state index < -0.39 is 0 Å². The second kappa shape index (κ2) is 4.71. The Balaban J connectivity index is 2.00. The molecule has 2 N–H and O–H groups in total. The summed E-state index contributed by atoms with van der Waals surface area (Å²) in [5.41, 5.74) is 11.2. The van der Waals surface area contributed by atoms with Crippen LogP contribution in [-0.2, 0) is 6.42 Å². The number of hydrogen-bond donors (Lipinski definition) is 1. The predicted octanol–water partition coefficient (Wildman–Crippen LogP) is 2.71. The van der Waals surface area contributed by atoms with Crippen LogP contribution in [0.5, 0.6) is 5.75 Å². The molecule has 1 aromatic rings. The standard InChI is InChI=1S/C16H24N2O/c1-10-8-14(17)16-13(9-11(2)19-16)15(10)12-4-6-18(3)7-5-12/h8,11-12H,4-7,9,17H2,1-3H3/t11-/m1/s1. The molecular weight excluding hydrogens is 236 g/mol. The predicted molar refractivity (Wildman–Crippen MR) is 78.9 cm³/mol. The molecule has 0 radical (unpaired) electrons. The van der Waals surface area contributed by atoms with Crippen LogP contribution in [0.2, 0.25) is 0 Å². The number of ether oxygens (including phenoxy) is 1. The van der Waals surface area contributed by atoms with E-state index in [0.717, 1.165) is 17.9 Å². The van der Waals surface area contributed by atoms with E-state index in [1.165, 1.54) is 42.6 Å². The molecule has 3 heteroatoms. The highest BCUT2D eigenvalue weighted by molar-refractivity contribution is 5.64. The number of anilines is 1.